The van der Waals surface area contributed by atoms with Crippen LogP contribution in [0.3, 0.4) is 0 Å². The van der Waals surface area contributed by atoms with Crippen LogP contribution in [-0.2, 0) is 11.2 Å². The number of benzene rings is 2. The number of carbonyl (C=O) groups is 1. The fraction of sp³-hybridized carbons (Fsp3) is 0.435. The second-order valence-electron chi connectivity index (χ2n) is 8.26. The third-order valence-electron chi connectivity index (χ3n) is 6.81. The summed E-state index contributed by atoms with van der Waals surface area (Å²) in [5.41, 5.74) is 2.24. The Labute approximate surface area is 160 Å². The first-order valence-corrected chi connectivity index (χ1v) is 10.1. The van der Waals surface area contributed by atoms with E-state index in [4.69, 9.17) is 0 Å². The van der Waals surface area contributed by atoms with Gasteiger partial charge in [-0.15, -0.1) is 0 Å². The van der Waals surface area contributed by atoms with Crippen molar-refractivity contribution in [1.29, 1.82) is 0 Å². The van der Waals surface area contributed by atoms with Gasteiger partial charge in [0, 0.05) is 18.5 Å². The summed E-state index contributed by atoms with van der Waals surface area (Å²) in [4.78, 5) is 18.1. The molecule has 0 unspecified atom stereocenters. The van der Waals surface area contributed by atoms with Crippen LogP contribution in [0.15, 0.2) is 54.6 Å². The zero-order chi connectivity index (χ0) is 18.4. The number of hydrogen-bond donors (Lipinski definition) is 1. The lowest BCUT2D eigenvalue weighted by Crippen LogP contribution is -2.60. The van der Waals surface area contributed by atoms with Crippen molar-refractivity contribution in [2.75, 3.05) is 19.6 Å². The van der Waals surface area contributed by atoms with Gasteiger partial charge in [-0.3, -0.25) is 9.69 Å². The average Bonchev–Trinajstić information content (AvgIpc) is 3.13. The molecular weight excluding hydrogens is 336 g/mol. The largest absolute Gasteiger partial charge is 0.508 e. The summed E-state index contributed by atoms with van der Waals surface area (Å²) >= 11 is 0. The van der Waals surface area contributed by atoms with Gasteiger partial charge in [0.25, 0.3) is 0 Å². The third-order valence-corrected chi connectivity index (χ3v) is 6.81. The lowest BCUT2D eigenvalue weighted by Gasteiger charge is -2.51. The van der Waals surface area contributed by atoms with Crippen LogP contribution in [0.25, 0.3) is 0 Å². The number of aromatic hydroxyl groups is 1. The number of phenols is 1. The minimum absolute atomic E-state index is 0.197. The quantitative estimate of drug-likeness (QED) is 0.913. The highest BCUT2D eigenvalue weighted by Gasteiger charge is 2.54. The molecule has 6 rings (SSSR count). The van der Waals surface area contributed by atoms with Crippen LogP contribution in [-0.4, -0.2) is 52.5 Å². The highest BCUT2D eigenvalue weighted by molar-refractivity contribution is 5.80. The molecule has 2 aromatic rings. The Bertz CT molecular complexity index is 829. The molecule has 0 aromatic heterocycles. The molecular formula is C23H26N2O2. The fourth-order valence-corrected chi connectivity index (χ4v) is 5.64. The molecule has 0 radical (unpaired) electrons. The van der Waals surface area contributed by atoms with Crippen molar-refractivity contribution in [3.63, 3.8) is 0 Å². The molecule has 2 bridgehead atoms. The molecule has 4 nitrogen and oxygen atoms in total. The Morgan fingerprint density at radius 3 is 2.52 bits per heavy atom. The van der Waals surface area contributed by atoms with E-state index in [1.165, 1.54) is 31.5 Å². The van der Waals surface area contributed by atoms with Gasteiger partial charge in [-0.2, -0.15) is 0 Å². The average molecular weight is 362 g/mol. The summed E-state index contributed by atoms with van der Waals surface area (Å²) in [7, 11) is 0. The first kappa shape index (κ1) is 16.8. The predicted molar refractivity (Wildman–Crippen MR) is 105 cm³/mol. The van der Waals surface area contributed by atoms with Gasteiger partial charge in [0.05, 0.1) is 12.5 Å². The summed E-state index contributed by atoms with van der Waals surface area (Å²) in [5, 5.41) is 9.72. The number of carbonyl (C=O) groups excluding carboxylic acids is 1. The van der Waals surface area contributed by atoms with Gasteiger partial charge < -0.3 is 10.0 Å². The van der Waals surface area contributed by atoms with Crippen LogP contribution in [0, 0.1) is 5.92 Å². The van der Waals surface area contributed by atoms with E-state index in [-0.39, 0.29) is 11.7 Å². The van der Waals surface area contributed by atoms with Gasteiger partial charge in [0.1, 0.15) is 5.75 Å². The van der Waals surface area contributed by atoms with Crippen molar-refractivity contribution >= 4 is 5.91 Å². The third kappa shape index (κ3) is 2.92. The maximum Gasteiger partial charge on any atom is 0.227 e. The molecule has 4 heterocycles. The van der Waals surface area contributed by atoms with E-state index in [0.29, 0.717) is 30.3 Å². The van der Waals surface area contributed by atoms with Crippen LogP contribution in [0.2, 0.25) is 0 Å². The summed E-state index contributed by atoms with van der Waals surface area (Å²) in [6, 6.07) is 18.6. The number of nitrogens with zero attached hydrogens (tertiary/aromatic N) is 2. The summed E-state index contributed by atoms with van der Waals surface area (Å²) in [6.45, 7) is 3.15. The molecule has 0 aliphatic carbocycles. The lowest BCUT2D eigenvalue weighted by atomic mass is 9.75. The maximum absolute atomic E-state index is 13.3. The Morgan fingerprint density at radius 1 is 1.00 bits per heavy atom. The molecule has 3 atom stereocenters. The van der Waals surface area contributed by atoms with Crippen molar-refractivity contribution in [2.24, 2.45) is 5.92 Å². The minimum atomic E-state index is 0.197. The molecule has 140 valence electrons. The lowest BCUT2D eigenvalue weighted by molar-refractivity contribution is -0.135. The van der Waals surface area contributed by atoms with Gasteiger partial charge in [0.2, 0.25) is 5.91 Å². The van der Waals surface area contributed by atoms with E-state index in [2.05, 4.69) is 40.1 Å². The minimum Gasteiger partial charge on any atom is -0.508 e. The highest BCUT2D eigenvalue weighted by atomic mass is 16.3. The van der Waals surface area contributed by atoms with Crippen LogP contribution >= 0.6 is 0 Å². The molecule has 1 amide bonds. The second kappa shape index (κ2) is 6.68. The molecule has 4 aliphatic rings. The molecule has 2 aromatic carbocycles. The van der Waals surface area contributed by atoms with E-state index in [1.54, 1.807) is 12.1 Å². The Morgan fingerprint density at radius 2 is 1.78 bits per heavy atom. The molecule has 4 saturated heterocycles. The van der Waals surface area contributed by atoms with Gasteiger partial charge in [-0.05, 0) is 55.1 Å². The number of fused-ring (bicyclic) bond motifs is 2. The zero-order valence-electron chi connectivity index (χ0n) is 15.5. The molecule has 0 spiro atoms. The molecule has 4 fully saturated rings. The smallest absolute Gasteiger partial charge is 0.227 e. The SMILES string of the molecule is O=C(Cc1cccc(O)c1)N1C[C@@H](c2ccccc2)[C@@H]2[C@H]1C1CCN2CC1. The normalized spacial score (nSPS) is 31.7. The summed E-state index contributed by atoms with van der Waals surface area (Å²) in [6.07, 6.45) is 2.78. The van der Waals surface area contributed by atoms with Gasteiger partial charge in [0.15, 0.2) is 0 Å². The number of amides is 1. The maximum atomic E-state index is 13.3. The number of rotatable bonds is 3. The van der Waals surface area contributed by atoms with Crippen LogP contribution in [0.5, 0.6) is 5.75 Å². The van der Waals surface area contributed by atoms with E-state index in [9.17, 15) is 9.90 Å². The first-order chi connectivity index (χ1) is 13.2. The van der Waals surface area contributed by atoms with E-state index >= 15 is 0 Å². The van der Waals surface area contributed by atoms with Gasteiger partial charge in [-0.25, -0.2) is 0 Å². The van der Waals surface area contributed by atoms with Gasteiger partial charge >= 0.3 is 0 Å². The molecule has 4 heteroatoms. The summed E-state index contributed by atoms with van der Waals surface area (Å²) < 4.78 is 0. The molecule has 4 aliphatic heterocycles. The fourth-order valence-electron chi connectivity index (χ4n) is 5.64. The van der Waals surface area contributed by atoms with Crippen molar-refractivity contribution in [2.45, 2.75) is 37.3 Å². The Hall–Kier alpha value is -2.33. The van der Waals surface area contributed by atoms with Crippen molar-refractivity contribution in [3.8, 4) is 5.75 Å². The van der Waals surface area contributed by atoms with E-state index in [1.807, 2.05) is 12.1 Å². The standard InChI is InChI=1S/C23H26N2O2/c26-19-8-4-5-16(13-19)14-21(27)25-15-20(17-6-2-1-3-7-17)23-22(25)18-9-11-24(23)12-10-18/h1-8,13,18,20,22-23,26H,9-12,14-15H2/t20-,22+,23+/m0/s1. The van der Waals surface area contributed by atoms with Gasteiger partial charge in [-0.1, -0.05) is 42.5 Å². The second-order valence-corrected chi connectivity index (χ2v) is 8.26. The van der Waals surface area contributed by atoms with Crippen LogP contribution < -0.4 is 0 Å². The predicted octanol–water partition coefficient (Wildman–Crippen LogP) is 3.02. The van der Waals surface area contributed by atoms with Crippen molar-refractivity contribution < 1.29 is 9.90 Å². The van der Waals surface area contributed by atoms with E-state index < -0.39 is 0 Å². The molecule has 0 saturated carbocycles. The number of likely N-dealkylation sites (tertiary alicyclic amines) is 1. The first-order valence-electron chi connectivity index (χ1n) is 10.1. The molecule has 1 N–H and O–H groups in total. The summed E-state index contributed by atoms with van der Waals surface area (Å²) in [5.74, 6) is 1.45. The number of hydrogen-bond acceptors (Lipinski definition) is 3. The Kier molecular flexibility index (Phi) is 4.16. The van der Waals surface area contributed by atoms with Crippen LogP contribution in [0.1, 0.15) is 29.9 Å². The topological polar surface area (TPSA) is 43.8 Å². The highest BCUT2D eigenvalue weighted by Crippen LogP contribution is 2.46. The Balaban J connectivity index is 1.44. The monoisotopic (exact) mass is 362 g/mol. The zero-order valence-corrected chi connectivity index (χ0v) is 15.5. The van der Waals surface area contributed by atoms with Crippen LogP contribution in [0.4, 0.5) is 0 Å². The number of piperidine rings is 3. The molecule has 27 heavy (non-hydrogen) atoms. The van der Waals surface area contributed by atoms with Crippen molar-refractivity contribution in [3.05, 3.63) is 65.7 Å². The number of phenolic OH excluding ortho intramolecular Hbond substituents is 1. The van der Waals surface area contributed by atoms with Crippen molar-refractivity contribution in [1.82, 2.24) is 9.80 Å². The van der Waals surface area contributed by atoms with E-state index in [0.717, 1.165) is 12.1 Å².